The number of terminal acetylenes is 1. The van der Waals surface area contributed by atoms with Crippen LogP contribution in [-0.4, -0.2) is 22.3 Å². The molecule has 0 bridgehead atoms. The molecule has 0 aliphatic heterocycles. The van der Waals surface area contributed by atoms with Crippen molar-refractivity contribution in [1.82, 2.24) is 15.1 Å². The number of amides is 1. The molecule has 0 radical (unpaired) electrons. The smallest absolute Gasteiger partial charge is 0.275 e. The Morgan fingerprint density at radius 2 is 1.96 bits per heavy atom. The van der Waals surface area contributed by atoms with Crippen molar-refractivity contribution in [3.8, 4) is 18.1 Å². The minimum Gasteiger partial charge on any atom is -0.482 e. The molecule has 6 nitrogen and oxygen atoms in total. The second kappa shape index (κ2) is 8.79. The number of hydrogen-bond acceptors (Lipinski definition) is 4. The van der Waals surface area contributed by atoms with Gasteiger partial charge in [-0.3, -0.25) is 9.59 Å². The zero-order valence-electron chi connectivity index (χ0n) is 14.6. The van der Waals surface area contributed by atoms with E-state index in [9.17, 15) is 9.59 Å². The molecule has 0 fully saturated rings. The molecule has 8 heteroatoms. The van der Waals surface area contributed by atoms with Gasteiger partial charge in [-0.05, 0) is 24.3 Å². The van der Waals surface area contributed by atoms with E-state index >= 15 is 0 Å². The third kappa shape index (κ3) is 4.45. The van der Waals surface area contributed by atoms with Crippen LogP contribution in [0.25, 0.3) is 10.8 Å². The Hall–Kier alpha value is -3.01. The first-order valence-electron chi connectivity index (χ1n) is 8.26. The van der Waals surface area contributed by atoms with Gasteiger partial charge in [-0.2, -0.15) is 5.10 Å². The lowest BCUT2D eigenvalue weighted by Gasteiger charge is -2.11. The van der Waals surface area contributed by atoms with Crippen LogP contribution in [0.5, 0.6) is 5.75 Å². The van der Waals surface area contributed by atoms with Gasteiger partial charge in [-0.1, -0.05) is 47.3 Å². The number of halogens is 2. The Bertz CT molecular complexity index is 1140. The van der Waals surface area contributed by atoms with Crippen molar-refractivity contribution in [2.75, 3.05) is 6.61 Å². The number of carbonyl (C=O) groups excluding carboxylic acids is 1. The van der Waals surface area contributed by atoms with Gasteiger partial charge in [0.1, 0.15) is 12.3 Å². The summed E-state index contributed by atoms with van der Waals surface area (Å²) in [5.41, 5.74) is 0.257. The molecule has 0 aliphatic carbocycles. The topological polar surface area (TPSA) is 73.2 Å². The minimum atomic E-state index is -0.369. The molecule has 2 aromatic carbocycles. The molecule has 1 amide bonds. The van der Waals surface area contributed by atoms with E-state index in [1.54, 1.807) is 36.4 Å². The molecule has 1 N–H and O–H groups in total. The summed E-state index contributed by atoms with van der Waals surface area (Å²) in [4.78, 5) is 24.5. The number of benzene rings is 2. The molecule has 3 aromatic rings. The van der Waals surface area contributed by atoms with Crippen molar-refractivity contribution in [2.45, 2.75) is 13.1 Å². The lowest BCUT2D eigenvalue weighted by Crippen LogP contribution is -2.31. The van der Waals surface area contributed by atoms with Crippen molar-refractivity contribution < 1.29 is 9.53 Å². The largest absolute Gasteiger partial charge is 0.482 e. The first-order valence-corrected chi connectivity index (χ1v) is 9.02. The van der Waals surface area contributed by atoms with Crippen LogP contribution < -0.4 is 15.6 Å². The molecule has 0 saturated carbocycles. The summed E-state index contributed by atoms with van der Waals surface area (Å²) in [5.74, 6) is 2.39. The minimum absolute atomic E-state index is 0.0444. The van der Waals surface area contributed by atoms with Crippen molar-refractivity contribution >= 4 is 39.9 Å². The summed E-state index contributed by atoms with van der Waals surface area (Å²) < 4.78 is 6.61. The molecule has 0 aliphatic rings. The Labute approximate surface area is 171 Å². The Morgan fingerprint density at radius 1 is 1.21 bits per heavy atom. The maximum absolute atomic E-state index is 12.4. The van der Waals surface area contributed by atoms with Crippen LogP contribution in [0, 0.1) is 12.3 Å². The highest BCUT2D eigenvalue weighted by Gasteiger charge is 2.12. The van der Waals surface area contributed by atoms with E-state index in [2.05, 4.69) is 16.3 Å². The Morgan fingerprint density at radius 3 is 2.68 bits per heavy atom. The number of ether oxygens (including phenoxy) is 1. The molecular weight excluding hydrogens is 401 g/mol. The maximum Gasteiger partial charge on any atom is 0.275 e. The fourth-order valence-corrected chi connectivity index (χ4v) is 3.06. The Balaban J connectivity index is 1.72. The van der Waals surface area contributed by atoms with Crippen LogP contribution in [0.3, 0.4) is 0 Å². The van der Waals surface area contributed by atoms with Gasteiger partial charge in [0.25, 0.3) is 11.5 Å². The van der Waals surface area contributed by atoms with Crippen LogP contribution in [-0.2, 0) is 17.9 Å². The molecule has 3 rings (SSSR count). The lowest BCUT2D eigenvalue weighted by atomic mass is 10.1. The van der Waals surface area contributed by atoms with E-state index in [4.69, 9.17) is 34.4 Å². The number of fused-ring (bicyclic) bond motifs is 1. The van der Waals surface area contributed by atoms with Crippen LogP contribution in [0.4, 0.5) is 0 Å². The zero-order chi connectivity index (χ0) is 20.1. The standard InChI is InChI=1S/C20H15Cl2N3O3/c1-2-9-25-20(27)15-6-4-3-5-14(15)17(24-25)11-23-19(26)12-28-18-8-7-13(21)10-16(18)22/h1,3-8,10H,9,11-12H2,(H,23,26). The van der Waals surface area contributed by atoms with Gasteiger partial charge < -0.3 is 10.1 Å². The SMILES string of the molecule is C#CCn1nc(CNC(=O)COc2ccc(Cl)cc2Cl)c2ccccc2c1=O. The summed E-state index contributed by atoms with van der Waals surface area (Å²) in [6.45, 7) is -0.0754. The highest BCUT2D eigenvalue weighted by Crippen LogP contribution is 2.27. The van der Waals surface area contributed by atoms with Gasteiger partial charge in [-0.25, -0.2) is 4.68 Å². The summed E-state index contributed by atoms with van der Waals surface area (Å²) >= 11 is 11.8. The normalized spacial score (nSPS) is 10.5. The monoisotopic (exact) mass is 415 g/mol. The predicted octanol–water partition coefficient (Wildman–Crippen LogP) is 3.03. The lowest BCUT2D eigenvalue weighted by molar-refractivity contribution is -0.123. The number of aromatic nitrogens is 2. The number of rotatable bonds is 6. The van der Waals surface area contributed by atoms with Crippen LogP contribution in [0.2, 0.25) is 10.0 Å². The van der Waals surface area contributed by atoms with Crippen LogP contribution in [0.15, 0.2) is 47.3 Å². The van der Waals surface area contributed by atoms with E-state index in [0.29, 0.717) is 32.3 Å². The zero-order valence-corrected chi connectivity index (χ0v) is 16.1. The second-order valence-electron chi connectivity index (χ2n) is 5.80. The van der Waals surface area contributed by atoms with Crippen molar-refractivity contribution in [1.29, 1.82) is 0 Å². The third-order valence-electron chi connectivity index (χ3n) is 3.89. The number of hydrogen-bond donors (Lipinski definition) is 1. The first-order chi connectivity index (χ1) is 13.5. The third-order valence-corrected chi connectivity index (χ3v) is 4.42. The molecule has 28 heavy (non-hydrogen) atoms. The highest BCUT2D eigenvalue weighted by molar-refractivity contribution is 6.35. The molecule has 0 spiro atoms. The number of nitrogens with zero attached hydrogens (tertiary/aromatic N) is 2. The van der Waals surface area contributed by atoms with Gasteiger partial charge in [0.2, 0.25) is 0 Å². The van der Waals surface area contributed by atoms with Crippen molar-refractivity contribution in [3.63, 3.8) is 0 Å². The van der Waals surface area contributed by atoms with E-state index in [1.807, 2.05) is 0 Å². The molecule has 0 unspecified atom stereocenters. The number of carbonyl (C=O) groups is 1. The fourth-order valence-electron chi connectivity index (χ4n) is 2.60. The van der Waals surface area contributed by atoms with E-state index in [-0.39, 0.29) is 31.2 Å². The average Bonchev–Trinajstić information content (AvgIpc) is 2.68. The molecule has 142 valence electrons. The predicted molar refractivity (Wildman–Crippen MR) is 109 cm³/mol. The summed E-state index contributed by atoms with van der Waals surface area (Å²) in [6, 6.07) is 11.8. The first kappa shape index (κ1) is 19.7. The van der Waals surface area contributed by atoms with Gasteiger partial charge in [0.15, 0.2) is 6.61 Å². The number of nitrogens with one attached hydrogen (secondary N) is 1. The van der Waals surface area contributed by atoms with E-state index < -0.39 is 0 Å². The van der Waals surface area contributed by atoms with E-state index in [0.717, 1.165) is 0 Å². The van der Waals surface area contributed by atoms with Gasteiger partial charge in [0, 0.05) is 10.4 Å². The van der Waals surface area contributed by atoms with Crippen molar-refractivity contribution in [2.24, 2.45) is 0 Å². The van der Waals surface area contributed by atoms with Crippen LogP contribution in [0.1, 0.15) is 5.69 Å². The van der Waals surface area contributed by atoms with Gasteiger partial charge in [-0.15, -0.1) is 6.42 Å². The molecule has 0 saturated heterocycles. The highest BCUT2D eigenvalue weighted by atomic mass is 35.5. The van der Waals surface area contributed by atoms with Gasteiger partial charge >= 0.3 is 0 Å². The summed E-state index contributed by atoms with van der Waals surface area (Å²) in [6.07, 6.45) is 5.31. The molecular formula is C20H15Cl2N3O3. The van der Waals surface area contributed by atoms with Crippen LogP contribution >= 0.6 is 23.2 Å². The molecule has 0 atom stereocenters. The average molecular weight is 416 g/mol. The fraction of sp³-hybridized carbons (Fsp3) is 0.150. The van der Waals surface area contributed by atoms with Gasteiger partial charge in [0.05, 0.1) is 22.6 Å². The second-order valence-corrected chi connectivity index (χ2v) is 6.64. The summed E-state index contributed by atoms with van der Waals surface area (Å²) in [7, 11) is 0. The van der Waals surface area contributed by atoms with E-state index in [1.165, 1.54) is 10.7 Å². The Kier molecular flexibility index (Phi) is 6.19. The molecule has 1 aromatic heterocycles. The van der Waals surface area contributed by atoms with Crippen molar-refractivity contribution in [3.05, 3.63) is 68.6 Å². The quantitative estimate of drug-likeness (QED) is 0.627. The molecule has 1 heterocycles. The summed E-state index contributed by atoms with van der Waals surface area (Å²) in [5, 5.41) is 8.92. The maximum atomic E-state index is 12.4.